The van der Waals surface area contributed by atoms with E-state index in [1.165, 1.54) is 0 Å². The Bertz CT molecular complexity index is 751. The Balaban J connectivity index is 2.13. The number of anilines is 1. The number of rotatable bonds is 8. The van der Waals surface area contributed by atoms with Crippen LogP contribution < -0.4 is 20.1 Å². The summed E-state index contributed by atoms with van der Waals surface area (Å²) in [6, 6.07) is 5.73. The zero-order valence-corrected chi connectivity index (χ0v) is 17.0. The lowest BCUT2D eigenvalue weighted by Crippen LogP contribution is -2.31. The number of aromatic nitrogens is 1. The van der Waals surface area contributed by atoms with Crippen LogP contribution in [0.15, 0.2) is 27.7 Å². The van der Waals surface area contributed by atoms with E-state index in [9.17, 15) is 0 Å². The van der Waals surface area contributed by atoms with Gasteiger partial charge in [0.1, 0.15) is 5.76 Å². The Morgan fingerprint density at radius 3 is 2.63 bits per heavy atom. The second-order valence-electron chi connectivity index (χ2n) is 6.28. The summed E-state index contributed by atoms with van der Waals surface area (Å²) in [6.07, 6.45) is 0. The zero-order valence-electron chi connectivity index (χ0n) is 17.0. The Labute approximate surface area is 161 Å². The Morgan fingerprint density at radius 1 is 1.26 bits per heavy atom. The van der Waals surface area contributed by atoms with Gasteiger partial charge >= 0.3 is 0 Å². The quantitative estimate of drug-likeness (QED) is 0.539. The van der Waals surface area contributed by atoms with Crippen molar-refractivity contribution in [2.45, 2.75) is 40.5 Å². The van der Waals surface area contributed by atoms with Crippen LogP contribution in [-0.2, 0) is 0 Å². The molecule has 1 aromatic carbocycles. The third-order valence-electron chi connectivity index (χ3n) is 4.18. The van der Waals surface area contributed by atoms with Crippen molar-refractivity contribution in [1.29, 1.82) is 0 Å². The molecule has 1 unspecified atom stereocenters. The maximum absolute atomic E-state index is 5.56. The van der Waals surface area contributed by atoms with Gasteiger partial charge in [-0.15, -0.1) is 0 Å². The van der Waals surface area contributed by atoms with Gasteiger partial charge in [0.15, 0.2) is 17.5 Å². The molecule has 1 atom stereocenters. The molecule has 0 bridgehead atoms. The van der Waals surface area contributed by atoms with Crippen molar-refractivity contribution >= 4 is 11.6 Å². The van der Waals surface area contributed by atoms with Crippen LogP contribution in [0.3, 0.4) is 0 Å². The van der Waals surface area contributed by atoms with Crippen LogP contribution in [0.2, 0.25) is 0 Å². The van der Waals surface area contributed by atoms with Crippen molar-refractivity contribution in [3.05, 3.63) is 35.2 Å². The van der Waals surface area contributed by atoms with Crippen molar-refractivity contribution in [2.24, 2.45) is 4.99 Å². The summed E-state index contributed by atoms with van der Waals surface area (Å²) in [5, 5.41) is 10.6. The molecule has 148 valence electrons. The summed E-state index contributed by atoms with van der Waals surface area (Å²) in [6.45, 7) is 12.0. The van der Waals surface area contributed by atoms with Gasteiger partial charge in [0.05, 0.1) is 19.4 Å². The van der Waals surface area contributed by atoms with E-state index < -0.39 is 0 Å². The molecule has 27 heavy (non-hydrogen) atoms. The lowest BCUT2D eigenvalue weighted by molar-refractivity contribution is 0.311. The molecule has 2 N–H and O–H groups in total. The minimum absolute atomic E-state index is 0.210. The topological polar surface area (TPSA) is 80.9 Å². The molecule has 7 nitrogen and oxygen atoms in total. The Morgan fingerprint density at radius 2 is 2.04 bits per heavy atom. The smallest absolute Gasteiger partial charge is 0.195 e. The number of nitrogens with one attached hydrogen (secondary N) is 2. The van der Waals surface area contributed by atoms with Gasteiger partial charge in [-0.25, -0.2) is 0 Å². The third kappa shape index (κ3) is 5.39. The molecule has 2 rings (SSSR count). The predicted molar refractivity (Wildman–Crippen MR) is 108 cm³/mol. The molecule has 1 heterocycles. The molecule has 0 saturated carbocycles. The van der Waals surface area contributed by atoms with Gasteiger partial charge in [-0.3, -0.25) is 4.99 Å². The second kappa shape index (κ2) is 9.85. The molecule has 0 aliphatic rings. The van der Waals surface area contributed by atoms with Gasteiger partial charge < -0.3 is 24.6 Å². The number of benzene rings is 1. The number of aryl methyl sites for hydroxylation is 2. The lowest BCUT2D eigenvalue weighted by atomic mass is 10.00. The van der Waals surface area contributed by atoms with E-state index in [0.29, 0.717) is 24.9 Å². The van der Waals surface area contributed by atoms with Crippen LogP contribution in [0.1, 0.15) is 43.7 Å². The molecule has 1 aromatic heterocycles. The monoisotopic (exact) mass is 374 g/mol. The normalized spacial score (nSPS) is 12.6. The highest BCUT2D eigenvalue weighted by molar-refractivity contribution is 5.94. The summed E-state index contributed by atoms with van der Waals surface area (Å²) in [5.41, 5.74) is 2.92. The summed E-state index contributed by atoms with van der Waals surface area (Å²) in [4.78, 5) is 4.71. The molecule has 0 spiro atoms. The first-order valence-corrected chi connectivity index (χ1v) is 9.29. The van der Waals surface area contributed by atoms with Crippen LogP contribution in [0, 0.1) is 13.8 Å². The van der Waals surface area contributed by atoms with E-state index in [4.69, 9.17) is 19.0 Å². The van der Waals surface area contributed by atoms with Crippen molar-refractivity contribution < 1.29 is 14.0 Å². The van der Waals surface area contributed by atoms with Gasteiger partial charge in [-0.2, -0.15) is 0 Å². The number of hydrogen-bond acceptors (Lipinski definition) is 5. The summed E-state index contributed by atoms with van der Waals surface area (Å²) in [5.74, 6) is 3.18. The predicted octanol–water partition coefficient (Wildman–Crippen LogP) is 3.88. The van der Waals surface area contributed by atoms with E-state index in [-0.39, 0.29) is 5.92 Å². The Hall–Kier alpha value is -2.70. The standard InChI is InChI=1S/C20H30N4O3/c1-7-21-20(22-12-13(3)19-14(4)24-27-15(19)5)23-16-9-10-17(26-8-2)18(11-16)25-6/h9-11,13H,7-8,12H2,1-6H3,(H2,21,22,23). The first-order chi connectivity index (χ1) is 13.0. The van der Waals surface area contributed by atoms with Crippen molar-refractivity contribution in [2.75, 3.05) is 32.1 Å². The maximum atomic E-state index is 5.56. The second-order valence-corrected chi connectivity index (χ2v) is 6.28. The molecule has 0 saturated heterocycles. The SMILES string of the molecule is CCNC(=NCC(C)c1c(C)noc1C)Nc1ccc(OCC)c(OC)c1. The number of ether oxygens (including phenoxy) is 2. The maximum Gasteiger partial charge on any atom is 0.195 e. The van der Waals surface area contributed by atoms with Crippen LogP contribution in [0.25, 0.3) is 0 Å². The average molecular weight is 374 g/mol. The number of methoxy groups -OCH3 is 1. The molecule has 2 aromatic rings. The fraction of sp³-hybridized carbons (Fsp3) is 0.500. The molecule has 7 heteroatoms. The first kappa shape index (κ1) is 20.6. The minimum Gasteiger partial charge on any atom is -0.493 e. The molecule has 0 amide bonds. The summed E-state index contributed by atoms with van der Waals surface area (Å²) in [7, 11) is 1.63. The summed E-state index contributed by atoms with van der Waals surface area (Å²) >= 11 is 0. The van der Waals surface area contributed by atoms with Crippen LogP contribution in [-0.4, -0.2) is 37.9 Å². The van der Waals surface area contributed by atoms with Crippen LogP contribution in [0.4, 0.5) is 5.69 Å². The molecule has 0 aliphatic heterocycles. The van der Waals surface area contributed by atoms with E-state index in [1.807, 2.05) is 45.9 Å². The highest BCUT2D eigenvalue weighted by Crippen LogP contribution is 2.30. The van der Waals surface area contributed by atoms with E-state index >= 15 is 0 Å². The van der Waals surface area contributed by atoms with Gasteiger partial charge in [0.25, 0.3) is 0 Å². The fourth-order valence-corrected chi connectivity index (χ4v) is 2.98. The van der Waals surface area contributed by atoms with Gasteiger partial charge in [-0.05, 0) is 39.8 Å². The van der Waals surface area contributed by atoms with Gasteiger partial charge in [0.2, 0.25) is 0 Å². The number of aliphatic imine (C=N–C) groups is 1. The Kier molecular flexibility index (Phi) is 7.52. The van der Waals surface area contributed by atoms with Crippen molar-refractivity contribution in [3.8, 4) is 11.5 Å². The minimum atomic E-state index is 0.210. The average Bonchev–Trinajstić information content (AvgIpc) is 2.99. The highest BCUT2D eigenvalue weighted by Gasteiger charge is 2.16. The number of hydrogen-bond donors (Lipinski definition) is 2. The van der Waals surface area contributed by atoms with E-state index in [0.717, 1.165) is 35.0 Å². The first-order valence-electron chi connectivity index (χ1n) is 9.29. The molecular weight excluding hydrogens is 344 g/mol. The molecule has 0 aliphatic carbocycles. The van der Waals surface area contributed by atoms with Crippen molar-refractivity contribution in [3.63, 3.8) is 0 Å². The fourth-order valence-electron chi connectivity index (χ4n) is 2.98. The van der Waals surface area contributed by atoms with Crippen molar-refractivity contribution in [1.82, 2.24) is 10.5 Å². The van der Waals surface area contributed by atoms with E-state index in [1.54, 1.807) is 7.11 Å². The lowest BCUT2D eigenvalue weighted by Gasteiger charge is -2.15. The highest BCUT2D eigenvalue weighted by atomic mass is 16.5. The number of nitrogens with zero attached hydrogens (tertiary/aromatic N) is 2. The van der Waals surface area contributed by atoms with Gasteiger partial charge in [-0.1, -0.05) is 12.1 Å². The van der Waals surface area contributed by atoms with Crippen LogP contribution in [0.5, 0.6) is 11.5 Å². The van der Waals surface area contributed by atoms with Crippen LogP contribution >= 0.6 is 0 Å². The number of guanidine groups is 1. The van der Waals surface area contributed by atoms with E-state index in [2.05, 4.69) is 22.7 Å². The third-order valence-corrected chi connectivity index (χ3v) is 4.18. The van der Waals surface area contributed by atoms with Gasteiger partial charge in [0, 0.05) is 36.3 Å². The summed E-state index contributed by atoms with van der Waals surface area (Å²) < 4.78 is 16.2. The molecule has 0 fully saturated rings. The molecule has 0 radical (unpaired) electrons. The zero-order chi connectivity index (χ0) is 19.8. The molecular formula is C20H30N4O3. The largest absolute Gasteiger partial charge is 0.493 e.